The van der Waals surface area contributed by atoms with E-state index >= 15 is 0 Å². The number of anilines is 1. The second-order valence-corrected chi connectivity index (χ2v) is 11.0. The molecule has 0 fully saturated rings. The first-order valence-corrected chi connectivity index (χ1v) is 13.2. The van der Waals surface area contributed by atoms with Gasteiger partial charge in [0, 0.05) is 4.47 Å². The molecule has 186 valence electrons. The zero-order chi connectivity index (χ0) is 25.8. The lowest BCUT2D eigenvalue weighted by Crippen LogP contribution is -2.41. The van der Waals surface area contributed by atoms with Crippen LogP contribution in [-0.4, -0.2) is 35.1 Å². The monoisotopic (exact) mass is 580 g/mol. The topological polar surface area (TPSA) is 84.9 Å². The lowest BCUT2D eigenvalue weighted by atomic mass is 10.1. The van der Waals surface area contributed by atoms with Gasteiger partial charge in [0.1, 0.15) is 22.9 Å². The number of hydrogen-bond acceptors (Lipinski definition) is 5. The minimum absolute atomic E-state index is 0.0558. The fraction of sp³-hybridized carbons (Fsp3) is 0.240. The van der Waals surface area contributed by atoms with Crippen molar-refractivity contribution in [2.45, 2.75) is 24.8 Å². The second kappa shape index (κ2) is 11.3. The number of carbonyl (C=O) groups excluding carboxylic acids is 1. The van der Waals surface area contributed by atoms with Gasteiger partial charge in [-0.15, -0.1) is 0 Å². The lowest BCUT2D eigenvalue weighted by molar-refractivity contribution is -0.120. The summed E-state index contributed by atoms with van der Waals surface area (Å²) in [5.41, 5.74) is 1.81. The largest absolute Gasteiger partial charge is 0.495 e. The standard InChI is InChI=1S/C25H26BrClN2O5S/c1-16-8-10-23(34-4)24(12-16)35(31,32)29(20-9-11-22(33-3)21(27)14-20)15-25(30)28-17(2)18-6-5-7-19(26)13-18/h5-14,17H,15H2,1-4H3,(H,28,30). The van der Waals surface area contributed by atoms with E-state index in [9.17, 15) is 13.2 Å². The molecule has 1 amide bonds. The molecule has 0 bridgehead atoms. The highest BCUT2D eigenvalue weighted by atomic mass is 79.9. The van der Waals surface area contributed by atoms with Gasteiger partial charge in [0.15, 0.2) is 0 Å². The molecule has 10 heteroatoms. The summed E-state index contributed by atoms with van der Waals surface area (Å²) >= 11 is 9.72. The van der Waals surface area contributed by atoms with Gasteiger partial charge in [-0.25, -0.2) is 8.42 Å². The number of nitrogens with zero attached hydrogens (tertiary/aromatic N) is 1. The average Bonchev–Trinajstić information content (AvgIpc) is 2.82. The van der Waals surface area contributed by atoms with Crippen molar-refractivity contribution in [3.8, 4) is 11.5 Å². The molecule has 7 nitrogen and oxygen atoms in total. The van der Waals surface area contributed by atoms with E-state index in [0.717, 1.165) is 19.9 Å². The number of carbonyl (C=O) groups is 1. The van der Waals surface area contributed by atoms with Crippen LogP contribution in [0.15, 0.2) is 70.0 Å². The summed E-state index contributed by atoms with van der Waals surface area (Å²) in [6, 6.07) is 16.5. The quantitative estimate of drug-likeness (QED) is 0.361. The first-order valence-electron chi connectivity index (χ1n) is 10.6. The second-order valence-electron chi connectivity index (χ2n) is 7.83. The van der Waals surface area contributed by atoms with E-state index in [2.05, 4.69) is 21.2 Å². The third-order valence-electron chi connectivity index (χ3n) is 5.32. The smallest absolute Gasteiger partial charge is 0.268 e. The van der Waals surface area contributed by atoms with Crippen LogP contribution in [0.4, 0.5) is 5.69 Å². The van der Waals surface area contributed by atoms with Crippen LogP contribution in [0.1, 0.15) is 24.1 Å². The first-order chi connectivity index (χ1) is 16.6. The molecule has 1 N–H and O–H groups in total. The van der Waals surface area contributed by atoms with Crippen LogP contribution in [-0.2, 0) is 14.8 Å². The molecule has 3 aromatic carbocycles. The van der Waals surface area contributed by atoms with Crippen LogP contribution in [0.3, 0.4) is 0 Å². The maximum absolute atomic E-state index is 13.9. The van der Waals surface area contributed by atoms with Gasteiger partial charge in [0.25, 0.3) is 10.0 Å². The summed E-state index contributed by atoms with van der Waals surface area (Å²) in [6.45, 7) is 3.13. The SMILES string of the molecule is COc1ccc(N(CC(=O)NC(C)c2cccc(Br)c2)S(=O)(=O)c2cc(C)ccc2OC)cc1Cl. The van der Waals surface area contributed by atoms with E-state index in [0.29, 0.717) is 5.75 Å². The number of rotatable bonds is 9. The fourth-order valence-electron chi connectivity index (χ4n) is 3.51. The van der Waals surface area contributed by atoms with Crippen LogP contribution in [0.25, 0.3) is 0 Å². The highest BCUT2D eigenvalue weighted by molar-refractivity contribution is 9.10. The van der Waals surface area contributed by atoms with Crippen LogP contribution >= 0.6 is 27.5 Å². The highest BCUT2D eigenvalue weighted by Gasteiger charge is 2.31. The molecule has 3 rings (SSSR count). The van der Waals surface area contributed by atoms with Crippen molar-refractivity contribution in [3.63, 3.8) is 0 Å². The lowest BCUT2D eigenvalue weighted by Gasteiger charge is -2.26. The zero-order valence-corrected chi connectivity index (χ0v) is 22.9. The van der Waals surface area contributed by atoms with Crippen molar-refractivity contribution >= 4 is 49.1 Å². The summed E-state index contributed by atoms with van der Waals surface area (Å²) in [5.74, 6) is 0.0661. The van der Waals surface area contributed by atoms with Crippen molar-refractivity contribution < 1.29 is 22.7 Å². The minimum Gasteiger partial charge on any atom is -0.495 e. The number of aryl methyl sites for hydroxylation is 1. The van der Waals surface area contributed by atoms with E-state index in [1.807, 2.05) is 31.2 Å². The predicted octanol–water partition coefficient (Wildman–Crippen LogP) is 5.50. The number of hydrogen-bond donors (Lipinski definition) is 1. The molecule has 0 aromatic heterocycles. The minimum atomic E-state index is -4.22. The van der Waals surface area contributed by atoms with Gasteiger partial charge in [-0.1, -0.05) is 45.7 Å². The molecule has 3 aromatic rings. The molecular weight excluding hydrogens is 556 g/mol. The molecule has 1 unspecified atom stereocenters. The summed E-state index contributed by atoms with van der Waals surface area (Å²) in [5, 5.41) is 3.08. The summed E-state index contributed by atoms with van der Waals surface area (Å²) in [4.78, 5) is 13.0. The number of ether oxygens (including phenoxy) is 2. The van der Waals surface area contributed by atoms with E-state index < -0.39 is 22.5 Å². The van der Waals surface area contributed by atoms with Crippen LogP contribution < -0.4 is 19.1 Å². The van der Waals surface area contributed by atoms with Gasteiger partial charge in [-0.05, 0) is 67.4 Å². The Labute approximate surface area is 219 Å². The van der Waals surface area contributed by atoms with Gasteiger partial charge in [0.2, 0.25) is 5.91 Å². The van der Waals surface area contributed by atoms with E-state index in [-0.39, 0.29) is 27.4 Å². The van der Waals surface area contributed by atoms with E-state index in [4.69, 9.17) is 21.1 Å². The molecule has 0 aliphatic rings. The van der Waals surface area contributed by atoms with Gasteiger partial charge in [-0.3, -0.25) is 9.10 Å². The average molecular weight is 582 g/mol. The fourth-order valence-corrected chi connectivity index (χ4v) is 5.83. The van der Waals surface area contributed by atoms with Crippen molar-refractivity contribution in [3.05, 3.63) is 81.3 Å². The Hall–Kier alpha value is -2.75. The van der Waals surface area contributed by atoms with Crippen LogP contribution in [0, 0.1) is 6.92 Å². The number of sulfonamides is 1. The number of amides is 1. The molecule has 1 atom stereocenters. The van der Waals surface area contributed by atoms with Crippen molar-refractivity contribution in [1.82, 2.24) is 5.32 Å². The molecule has 0 spiro atoms. The number of halogens is 2. The molecule has 0 saturated heterocycles. The molecule has 0 saturated carbocycles. The van der Waals surface area contributed by atoms with Crippen molar-refractivity contribution in [2.24, 2.45) is 0 Å². The summed E-state index contributed by atoms with van der Waals surface area (Å²) in [7, 11) is -1.36. The van der Waals surface area contributed by atoms with Gasteiger partial charge < -0.3 is 14.8 Å². The van der Waals surface area contributed by atoms with E-state index in [1.165, 1.54) is 32.4 Å². The van der Waals surface area contributed by atoms with Gasteiger partial charge >= 0.3 is 0 Å². The zero-order valence-electron chi connectivity index (χ0n) is 19.7. The Morgan fingerprint density at radius 3 is 2.37 bits per heavy atom. The maximum atomic E-state index is 13.9. The van der Waals surface area contributed by atoms with Gasteiger partial charge in [-0.2, -0.15) is 0 Å². The molecular formula is C25H26BrClN2O5S. The van der Waals surface area contributed by atoms with Crippen LogP contribution in [0.2, 0.25) is 5.02 Å². The molecule has 0 aliphatic heterocycles. The third-order valence-corrected chi connectivity index (χ3v) is 7.91. The number of nitrogens with one attached hydrogen (secondary N) is 1. The molecule has 0 radical (unpaired) electrons. The highest BCUT2D eigenvalue weighted by Crippen LogP contribution is 2.34. The Morgan fingerprint density at radius 2 is 1.74 bits per heavy atom. The summed E-state index contributed by atoms with van der Waals surface area (Å²) < 4.78 is 40.1. The Kier molecular flexibility index (Phi) is 8.69. The molecule has 35 heavy (non-hydrogen) atoms. The maximum Gasteiger partial charge on any atom is 0.268 e. The predicted molar refractivity (Wildman–Crippen MR) is 141 cm³/mol. The molecule has 0 aliphatic carbocycles. The molecule has 0 heterocycles. The number of benzene rings is 3. The Morgan fingerprint density at radius 1 is 1.06 bits per heavy atom. The Bertz CT molecular complexity index is 1330. The van der Waals surface area contributed by atoms with Crippen LogP contribution in [0.5, 0.6) is 11.5 Å². The normalized spacial score (nSPS) is 12.1. The third kappa shape index (κ3) is 6.28. The van der Waals surface area contributed by atoms with Crippen molar-refractivity contribution in [1.29, 1.82) is 0 Å². The van der Waals surface area contributed by atoms with E-state index in [1.54, 1.807) is 25.1 Å². The summed E-state index contributed by atoms with van der Waals surface area (Å²) in [6.07, 6.45) is 0. The van der Waals surface area contributed by atoms with Crippen molar-refractivity contribution in [2.75, 3.05) is 25.1 Å². The van der Waals surface area contributed by atoms with Gasteiger partial charge in [0.05, 0.1) is 31.0 Å². The Balaban J connectivity index is 2.01. The first kappa shape index (κ1) is 26.8. The number of methoxy groups -OCH3 is 2.